The standard InChI is InChI=1S/C10H18N4O3S/c1-14-7-12-9(11)10(14)18(15,16)13-4-2-8-3-5-17-6-8/h7-8,13H,2-6,11H2,1H3. The van der Waals surface area contributed by atoms with Crippen molar-refractivity contribution in [3.63, 3.8) is 0 Å². The molecule has 8 heteroatoms. The van der Waals surface area contributed by atoms with E-state index in [2.05, 4.69) is 9.71 Å². The molecule has 0 radical (unpaired) electrons. The van der Waals surface area contributed by atoms with Crippen molar-refractivity contribution < 1.29 is 13.2 Å². The lowest BCUT2D eigenvalue weighted by Gasteiger charge is -2.10. The van der Waals surface area contributed by atoms with Crippen molar-refractivity contribution in [2.75, 3.05) is 25.5 Å². The van der Waals surface area contributed by atoms with Crippen molar-refractivity contribution in [1.29, 1.82) is 0 Å². The number of aryl methyl sites for hydroxylation is 1. The average Bonchev–Trinajstić information content (AvgIpc) is 2.89. The van der Waals surface area contributed by atoms with E-state index in [0.29, 0.717) is 12.5 Å². The second kappa shape index (κ2) is 5.25. The number of nitrogens with zero attached hydrogens (tertiary/aromatic N) is 2. The van der Waals surface area contributed by atoms with Crippen LogP contribution in [-0.2, 0) is 21.8 Å². The van der Waals surface area contributed by atoms with Gasteiger partial charge in [0.05, 0.1) is 6.33 Å². The van der Waals surface area contributed by atoms with Crippen LogP contribution in [0.15, 0.2) is 11.4 Å². The van der Waals surface area contributed by atoms with Crippen LogP contribution in [0.2, 0.25) is 0 Å². The molecule has 1 aliphatic heterocycles. The molecule has 7 nitrogen and oxygen atoms in total. The molecule has 102 valence electrons. The normalized spacial score (nSPS) is 20.4. The van der Waals surface area contributed by atoms with Gasteiger partial charge in [0.1, 0.15) is 0 Å². The summed E-state index contributed by atoms with van der Waals surface area (Å²) in [7, 11) is -1.99. The van der Waals surface area contributed by atoms with Crippen LogP contribution in [-0.4, -0.2) is 37.7 Å². The Hall–Kier alpha value is -1.12. The number of nitrogen functional groups attached to an aromatic ring is 1. The zero-order valence-corrected chi connectivity index (χ0v) is 11.1. The van der Waals surface area contributed by atoms with Crippen LogP contribution in [0.3, 0.4) is 0 Å². The molecule has 1 unspecified atom stereocenters. The number of hydrogen-bond acceptors (Lipinski definition) is 5. The third-order valence-corrected chi connectivity index (χ3v) is 4.62. The Morgan fingerprint density at radius 2 is 2.44 bits per heavy atom. The Morgan fingerprint density at radius 3 is 3.00 bits per heavy atom. The lowest BCUT2D eigenvalue weighted by molar-refractivity contribution is 0.184. The summed E-state index contributed by atoms with van der Waals surface area (Å²) in [5.41, 5.74) is 5.55. The minimum Gasteiger partial charge on any atom is -0.381 e. The monoisotopic (exact) mass is 274 g/mol. The van der Waals surface area contributed by atoms with Gasteiger partial charge in [-0.1, -0.05) is 0 Å². The van der Waals surface area contributed by atoms with E-state index in [0.717, 1.165) is 26.1 Å². The molecule has 0 bridgehead atoms. The molecule has 1 fully saturated rings. The molecule has 18 heavy (non-hydrogen) atoms. The molecule has 0 saturated carbocycles. The van der Waals surface area contributed by atoms with Crippen molar-refractivity contribution in [2.45, 2.75) is 17.9 Å². The van der Waals surface area contributed by atoms with Gasteiger partial charge in [-0.25, -0.2) is 18.1 Å². The first-order chi connectivity index (χ1) is 8.50. The predicted octanol–water partition coefficient (Wildman–Crippen LogP) is -0.293. The van der Waals surface area contributed by atoms with Gasteiger partial charge in [-0.05, 0) is 18.8 Å². The zero-order chi connectivity index (χ0) is 13.2. The highest BCUT2D eigenvalue weighted by Crippen LogP contribution is 2.17. The van der Waals surface area contributed by atoms with E-state index in [1.807, 2.05) is 0 Å². The zero-order valence-electron chi connectivity index (χ0n) is 10.3. The molecule has 3 N–H and O–H groups in total. The SMILES string of the molecule is Cn1cnc(N)c1S(=O)(=O)NCCC1CCOC1. The average molecular weight is 274 g/mol. The first-order valence-corrected chi connectivity index (χ1v) is 7.33. The van der Waals surface area contributed by atoms with Crippen LogP contribution in [0.1, 0.15) is 12.8 Å². The molecule has 0 amide bonds. The number of ether oxygens (including phenoxy) is 1. The van der Waals surface area contributed by atoms with E-state index >= 15 is 0 Å². The van der Waals surface area contributed by atoms with Gasteiger partial charge in [0.15, 0.2) is 10.8 Å². The third kappa shape index (κ3) is 2.82. The van der Waals surface area contributed by atoms with Crippen LogP contribution in [0.4, 0.5) is 5.82 Å². The highest BCUT2D eigenvalue weighted by atomic mass is 32.2. The topological polar surface area (TPSA) is 99.2 Å². The molecule has 1 saturated heterocycles. The number of aromatic nitrogens is 2. The Labute approximate surface area is 106 Å². The van der Waals surface area contributed by atoms with E-state index < -0.39 is 10.0 Å². The van der Waals surface area contributed by atoms with Gasteiger partial charge in [0.2, 0.25) is 0 Å². The fourth-order valence-electron chi connectivity index (χ4n) is 2.04. The van der Waals surface area contributed by atoms with Crippen molar-refractivity contribution in [3.8, 4) is 0 Å². The van der Waals surface area contributed by atoms with Crippen LogP contribution in [0.25, 0.3) is 0 Å². The largest absolute Gasteiger partial charge is 0.381 e. The van der Waals surface area contributed by atoms with Crippen LogP contribution >= 0.6 is 0 Å². The molecular formula is C10H18N4O3S. The minimum absolute atomic E-state index is 0.0187. The molecule has 1 aromatic rings. The number of imidazole rings is 1. The summed E-state index contributed by atoms with van der Waals surface area (Å²) in [5.74, 6) is 0.464. The Balaban J connectivity index is 1.95. The van der Waals surface area contributed by atoms with Gasteiger partial charge < -0.3 is 15.0 Å². The molecule has 0 spiro atoms. The van der Waals surface area contributed by atoms with Crippen molar-refractivity contribution in [1.82, 2.24) is 14.3 Å². The summed E-state index contributed by atoms with van der Waals surface area (Å²) in [6, 6.07) is 0. The summed E-state index contributed by atoms with van der Waals surface area (Å²) in [4.78, 5) is 3.77. The maximum absolute atomic E-state index is 12.0. The van der Waals surface area contributed by atoms with Gasteiger partial charge in [-0.2, -0.15) is 0 Å². The summed E-state index contributed by atoms with van der Waals surface area (Å²) in [6.45, 7) is 1.88. The molecule has 2 heterocycles. The van der Waals surface area contributed by atoms with Gasteiger partial charge >= 0.3 is 0 Å². The van der Waals surface area contributed by atoms with Crippen LogP contribution in [0.5, 0.6) is 0 Å². The highest BCUT2D eigenvalue weighted by molar-refractivity contribution is 7.89. The molecule has 1 aromatic heterocycles. The molecule has 0 aromatic carbocycles. The number of anilines is 1. The Kier molecular flexibility index (Phi) is 3.88. The molecule has 2 rings (SSSR count). The predicted molar refractivity (Wildman–Crippen MR) is 66.4 cm³/mol. The second-order valence-electron chi connectivity index (χ2n) is 4.46. The molecule has 0 aliphatic carbocycles. The van der Waals surface area contributed by atoms with Gasteiger partial charge in [0.25, 0.3) is 10.0 Å². The maximum Gasteiger partial charge on any atom is 0.260 e. The Morgan fingerprint density at radius 1 is 1.67 bits per heavy atom. The summed E-state index contributed by atoms with van der Waals surface area (Å²) >= 11 is 0. The summed E-state index contributed by atoms with van der Waals surface area (Å²) in [6.07, 6.45) is 3.15. The van der Waals surface area contributed by atoms with E-state index in [9.17, 15) is 8.42 Å². The smallest absolute Gasteiger partial charge is 0.260 e. The second-order valence-corrected chi connectivity index (χ2v) is 6.14. The number of rotatable bonds is 5. The van der Waals surface area contributed by atoms with E-state index in [4.69, 9.17) is 10.5 Å². The lowest BCUT2D eigenvalue weighted by atomic mass is 10.1. The number of hydrogen-bond donors (Lipinski definition) is 2. The van der Waals surface area contributed by atoms with Gasteiger partial charge in [-0.15, -0.1) is 0 Å². The van der Waals surface area contributed by atoms with Crippen molar-refractivity contribution >= 4 is 15.8 Å². The van der Waals surface area contributed by atoms with E-state index in [1.54, 1.807) is 7.05 Å². The number of nitrogens with one attached hydrogen (secondary N) is 1. The highest BCUT2D eigenvalue weighted by Gasteiger charge is 2.23. The maximum atomic E-state index is 12.0. The van der Waals surface area contributed by atoms with E-state index in [1.165, 1.54) is 10.9 Å². The van der Waals surface area contributed by atoms with Gasteiger partial charge in [-0.3, -0.25) is 0 Å². The fraction of sp³-hybridized carbons (Fsp3) is 0.700. The van der Waals surface area contributed by atoms with Crippen molar-refractivity contribution in [2.24, 2.45) is 13.0 Å². The first kappa shape index (κ1) is 13.3. The summed E-state index contributed by atoms with van der Waals surface area (Å²) < 4.78 is 33.2. The first-order valence-electron chi connectivity index (χ1n) is 5.85. The molecular weight excluding hydrogens is 256 g/mol. The Bertz CT molecular complexity index is 486. The quantitative estimate of drug-likeness (QED) is 0.768. The minimum atomic E-state index is -3.59. The number of nitrogens with two attached hydrogens (primary N) is 1. The number of sulfonamides is 1. The molecule has 1 atom stereocenters. The van der Waals surface area contributed by atoms with E-state index in [-0.39, 0.29) is 10.8 Å². The lowest BCUT2D eigenvalue weighted by Crippen LogP contribution is -2.28. The third-order valence-electron chi connectivity index (χ3n) is 3.03. The fourth-order valence-corrected chi connectivity index (χ4v) is 3.32. The molecule has 1 aliphatic rings. The van der Waals surface area contributed by atoms with Crippen molar-refractivity contribution in [3.05, 3.63) is 6.33 Å². The summed E-state index contributed by atoms with van der Waals surface area (Å²) in [5, 5.41) is 0.0187. The van der Waals surface area contributed by atoms with Gasteiger partial charge in [0, 0.05) is 26.8 Å². The van der Waals surface area contributed by atoms with Crippen LogP contribution in [0, 0.1) is 5.92 Å². The van der Waals surface area contributed by atoms with Crippen LogP contribution < -0.4 is 10.5 Å².